The Hall–Kier alpha value is -2.20. The number of rotatable bonds is 6. The number of aliphatic hydroxyl groups is 1. The molecule has 1 N–H and O–H groups in total. The summed E-state index contributed by atoms with van der Waals surface area (Å²) in [4.78, 5) is 0. The van der Waals surface area contributed by atoms with Crippen molar-refractivity contribution in [3.8, 4) is 0 Å². The second-order valence-corrected chi connectivity index (χ2v) is 10.3. The van der Waals surface area contributed by atoms with Gasteiger partial charge in [0.15, 0.2) is 0 Å². The summed E-state index contributed by atoms with van der Waals surface area (Å²) in [6, 6.07) is 29.3. The minimum Gasteiger partial charge on any atom is -0.403 e. The molecule has 0 spiro atoms. The fraction of sp³-hybridized carbons (Fsp3) is 0.250. The van der Waals surface area contributed by atoms with E-state index < -0.39 is 9.04 Å². The second-order valence-electron chi connectivity index (χ2n) is 7.98. The zero-order chi connectivity index (χ0) is 19.3. The maximum Gasteiger partial charge on any atom is 0.240 e. The van der Waals surface area contributed by atoms with Gasteiger partial charge in [-0.1, -0.05) is 106 Å². The summed E-state index contributed by atoms with van der Waals surface area (Å²) in [5.41, 5.74) is 2.03. The lowest BCUT2D eigenvalue weighted by atomic mass is 9.84. The standard InChI is InChI=1S/C24H28O2Si/c1-24(2,3)23(20-16-14-19(18-25)15-17-20)26-27(21-10-6-4-7-11-21)22-12-8-5-9-13-22/h4-17,23,25,27H,18H2,1-3H3. The summed E-state index contributed by atoms with van der Waals surface area (Å²) in [6.07, 6.45) is -0.0256. The van der Waals surface area contributed by atoms with E-state index in [-0.39, 0.29) is 18.1 Å². The molecule has 0 aromatic heterocycles. The van der Waals surface area contributed by atoms with E-state index in [4.69, 9.17) is 4.43 Å². The summed E-state index contributed by atoms with van der Waals surface area (Å²) < 4.78 is 6.92. The third kappa shape index (κ3) is 4.95. The van der Waals surface area contributed by atoms with Crippen LogP contribution in [0.4, 0.5) is 0 Å². The van der Waals surface area contributed by atoms with Crippen molar-refractivity contribution >= 4 is 19.4 Å². The highest BCUT2D eigenvalue weighted by Crippen LogP contribution is 2.36. The molecule has 3 heteroatoms. The Morgan fingerprint density at radius 3 is 1.67 bits per heavy atom. The van der Waals surface area contributed by atoms with E-state index >= 15 is 0 Å². The molecule has 0 aliphatic heterocycles. The molecule has 0 bridgehead atoms. The molecule has 0 fully saturated rings. The molecule has 2 nitrogen and oxygen atoms in total. The average Bonchev–Trinajstić information content (AvgIpc) is 2.69. The molecule has 140 valence electrons. The molecule has 1 unspecified atom stereocenters. The highest BCUT2D eigenvalue weighted by atomic mass is 28.3. The van der Waals surface area contributed by atoms with Crippen molar-refractivity contribution in [2.75, 3.05) is 0 Å². The average molecular weight is 377 g/mol. The summed E-state index contributed by atoms with van der Waals surface area (Å²) in [7, 11) is -1.85. The summed E-state index contributed by atoms with van der Waals surface area (Å²) >= 11 is 0. The maximum atomic E-state index is 9.35. The van der Waals surface area contributed by atoms with Crippen LogP contribution in [-0.4, -0.2) is 14.1 Å². The van der Waals surface area contributed by atoms with Crippen molar-refractivity contribution in [2.45, 2.75) is 33.5 Å². The van der Waals surface area contributed by atoms with E-state index in [2.05, 4.69) is 93.6 Å². The highest BCUT2D eigenvalue weighted by Gasteiger charge is 2.31. The predicted octanol–water partition coefficient (Wildman–Crippen LogP) is 3.82. The molecule has 0 saturated carbocycles. The van der Waals surface area contributed by atoms with Gasteiger partial charge in [0.2, 0.25) is 9.04 Å². The smallest absolute Gasteiger partial charge is 0.240 e. The minimum absolute atomic E-state index is 0.0256. The fourth-order valence-electron chi connectivity index (χ4n) is 3.32. The molecule has 0 saturated heterocycles. The first-order valence-corrected chi connectivity index (χ1v) is 11.1. The van der Waals surface area contributed by atoms with Gasteiger partial charge in [-0.3, -0.25) is 0 Å². The largest absolute Gasteiger partial charge is 0.403 e. The molecule has 3 aromatic rings. The number of hydrogen-bond acceptors (Lipinski definition) is 2. The third-order valence-corrected chi connectivity index (χ3v) is 7.25. The van der Waals surface area contributed by atoms with Crippen molar-refractivity contribution in [3.63, 3.8) is 0 Å². The van der Waals surface area contributed by atoms with Crippen LogP contribution in [0, 0.1) is 5.41 Å². The molecule has 3 rings (SSSR count). The quantitative estimate of drug-likeness (QED) is 0.663. The van der Waals surface area contributed by atoms with E-state index in [0.717, 1.165) is 11.1 Å². The first-order valence-electron chi connectivity index (χ1n) is 9.44. The molecule has 0 radical (unpaired) electrons. The van der Waals surface area contributed by atoms with Gasteiger partial charge in [0.25, 0.3) is 0 Å². The summed E-state index contributed by atoms with van der Waals surface area (Å²) in [6.45, 7) is 6.73. The first-order chi connectivity index (χ1) is 13.0. The molecular weight excluding hydrogens is 348 g/mol. The van der Waals surface area contributed by atoms with Crippen molar-refractivity contribution in [3.05, 3.63) is 96.1 Å². The van der Waals surface area contributed by atoms with Crippen LogP contribution < -0.4 is 10.4 Å². The Kier molecular flexibility index (Phi) is 6.27. The Morgan fingerprint density at radius 2 is 1.26 bits per heavy atom. The Labute approximate surface area is 164 Å². The van der Waals surface area contributed by atoms with Crippen LogP contribution in [0.3, 0.4) is 0 Å². The van der Waals surface area contributed by atoms with E-state index in [1.54, 1.807) is 0 Å². The van der Waals surface area contributed by atoms with Gasteiger partial charge in [-0.2, -0.15) is 0 Å². The summed E-state index contributed by atoms with van der Waals surface area (Å²) in [5.74, 6) is 0. The van der Waals surface area contributed by atoms with Crippen LogP contribution in [0.2, 0.25) is 0 Å². The molecule has 0 aliphatic rings. The number of benzene rings is 3. The Morgan fingerprint density at radius 1 is 0.778 bits per heavy atom. The highest BCUT2D eigenvalue weighted by molar-refractivity contribution is 6.80. The molecule has 27 heavy (non-hydrogen) atoms. The lowest BCUT2D eigenvalue weighted by Crippen LogP contribution is -2.47. The summed E-state index contributed by atoms with van der Waals surface area (Å²) in [5, 5.41) is 11.9. The van der Waals surface area contributed by atoms with Gasteiger partial charge >= 0.3 is 0 Å². The van der Waals surface area contributed by atoms with E-state index in [9.17, 15) is 5.11 Å². The third-order valence-electron chi connectivity index (χ3n) is 4.73. The van der Waals surface area contributed by atoms with Gasteiger partial charge in [-0.25, -0.2) is 0 Å². The van der Waals surface area contributed by atoms with Gasteiger partial charge in [0.1, 0.15) is 0 Å². The van der Waals surface area contributed by atoms with E-state index in [0.29, 0.717) is 0 Å². The van der Waals surface area contributed by atoms with Gasteiger partial charge < -0.3 is 9.53 Å². The molecule has 0 amide bonds. The van der Waals surface area contributed by atoms with Crippen LogP contribution in [0.1, 0.15) is 38.0 Å². The van der Waals surface area contributed by atoms with Crippen molar-refractivity contribution in [2.24, 2.45) is 5.41 Å². The first kappa shape index (κ1) is 19.6. The topological polar surface area (TPSA) is 29.5 Å². The SMILES string of the molecule is CC(C)(C)C(O[SiH](c1ccccc1)c1ccccc1)c1ccc(CO)cc1. The van der Waals surface area contributed by atoms with Crippen molar-refractivity contribution < 1.29 is 9.53 Å². The number of hydrogen-bond donors (Lipinski definition) is 1. The molecule has 0 aliphatic carbocycles. The maximum absolute atomic E-state index is 9.35. The zero-order valence-electron chi connectivity index (χ0n) is 16.3. The van der Waals surface area contributed by atoms with Gasteiger partial charge in [-0.15, -0.1) is 0 Å². The van der Waals surface area contributed by atoms with Crippen LogP contribution in [0.15, 0.2) is 84.9 Å². The minimum atomic E-state index is -1.85. The van der Waals surface area contributed by atoms with Crippen molar-refractivity contribution in [1.82, 2.24) is 0 Å². The Balaban J connectivity index is 1.99. The predicted molar refractivity (Wildman–Crippen MR) is 115 cm³/mol. The second kappa shape index (κ2) is 8.66. The van der Waals surface area contributed by atoms with Crippen LogP contribution >= 0.6 is 0 Å². The van der Waals surface area contributed by atoms with Crippen LogP contribution in [-0.2, 0) is 11.0 Å². The van der Waals surface area contributed by atoms with E-state index in [1.807, 2.05) is 12.1 Å². The molecular formula is C24H28O2Si. The molecule has 3 aromatic carbocycles. The Bertz CT molecular complexity index is 784. The monoisotopic (exact) mass is 376 g/mol. The van der Waals surface area contributed by atoms with Gasteiger partial charge in [-0.05, 0) is 26.9 Å². The lowest BCUT2D eigenvalue weighted by molar-refractivity contribution is 0.0896. The normalized spacial score (nSPS) is 12.9. The molecule has 0 heterocycles. The van der Waals surface area contributed by atoms with Crippen LogP contribution in [0.25, 0.3) is 0 Å². The van der Waals surface area contributed by atoms with Crippen molar-refractivity contribution in [1.29, 1.82) is 0 Å². The van der Waals surface area contributed by atoms with E-state index in [1.165, 1.54) is 10.4 Å². The van der Waals surface area contributed by atoms with Gasteiger partial charge in [0, 0.05) is 0 Å². The number of aliphatic hydroxyl groups excluding tert-OH is 1. The van der Waals surface area contributed by atoms with Crippen LogP contribution in [0.5, 0.6) is 0 Å². The zero-order valence-corrected chi connectivity index (χ0v) is 17.5. The fourth-order valence-corrected chi connectivity index (χ4v) is 6.00. The lowest BCUT2D eigenvalue weighted by Gasteiger charge is -2.35. The molecule has 1 atom stereocenters. The van der Waals surface area contributed by atoms with Gasteiger partial charge in [0.05, 0.1) is 12.7 Å².